The standard InChI is InChI=1S/C20H25N3O3/c1-11(2)7-6-8-21-19(24)16-10-17(15-9-12(3)25-14(15)5)22-20-18(16)13(4)23-26-20/h9-11H,6-8H2,1-5H3,(H,21,24). The van der Waals surface area contributed by atoms with E-state index in [0.29, 0.717) is 40.5 Å². The lowest BCUT2D eigenvalue weighted by Crippen LogP contribution is -2.25. The number of nitrogens with one attached hydrogen (secondary N) is 1. The SMILES string of the molecule is Cc1cc(-c2cc(C(=O)NCCCC(C)C)c3c(C)noc3n2)c(C)o1. The number of aryl methyl sites for hydroxylation is 3. The summed E-state index contributed by atoms with van der Waals surface area (Å²) in [6.07, 6.45) is 2.03. The number of hydrogen-bond acceptors (Lipinski definition) is 5. The van der Waals surface area contributed by atoms with E-state index >= 15 is 0 Å². The number of pyridine rings is 1. The normalized spacial score (nSPS) is 11.5. The number of hydrogen-bond donors (Lipinski definition) is 1. The number of nitrogens with zero attached hydrogens (tertiary/aromatic N) is 2. The van der Waals surface area contributed by atoms with Gasteiger partial charge in [0.2, 0.25) is 0 Å². The molecular formula is C20H25N3O3. The first-order valence-corrected chi connectivity index (χ1v) is 8.99. The van der Waals surface area contributed by atoms with Crippen LogP contribution in [0.1, 0.15) is 54.3 Å². The van der Waals surface area contributed by atoms with Crippen molar-refractivity contribution in [3.05, 3.63) is 34.9 Å². The Kier molecular flexibility index (Phi) is 5.11. The van der Waals surface area contributed by atoms with E-state index in [0.717, 1.165) is 29.9 Å². The summed E-state index contributed by atoms with van der Waals surface area (Å²) in [6.45, 7) is 10.6. The van der Waals surface area contributed by atoms with Crippen molar-refractivity contribution < 1.29 is 13.7 Å². The minimum absolute atomic E-state index is 0.133. The fourth-order valence-corrected chi connectivity index (χ4v) is 3.10. The van der Waals surface area contributed by atoms with Gasteiger partial charge in [0, 0.05) is 12.1 Å². The molecule has 138 valence electrons. The van der Waals surface area contributed by atoms with Gasteiger partial charge in [-0.25, -0.2) is 4.98 Å². The van der Waals surface area contributed by atoms with Gasteiger partial charge in [-0.1, -0.05) is 19.0 Å². The van der Waals surface area contributed by atoms with Crippen LogP contribution in [0, 0.1) is 26.7 Å². The van der Waals surface area contributed by atoms with Crippen LogP contribution >= 0.6 is 0 Å². The Morgan fingerprint density at radius 1 is 1.23 bits per heavy atom. The van der Waals surface area contributed by atoms with Crippen LogP contribution in [-0.2, 0) is 0 Å². The molecule has 0 atom stereocenters. The van der Waals surface area contributed by atoms with E-state index in [9.17, 15) is 4.79 Å². The molecule has 3 aromatic rings. The molecule has 0 aliphatic heterocycles. The molecule has 0 radical (unpaired) electrons. The monoisotopic (exact) mass is 355 g/mol. The van der Waals surface area contributed by atoms with Crippen LogP contribution in [0.4, 0.5) is 0 Å². The molecule has 0 saturated carbocycles. The minimum atomic E-state index is -0.133. The highest BCUT2D eigenvalue weighted by atomic mass is 16.5. The fraction of sp³-hybridized carbons (Fsp3) is 0.450. The molecule has 26 heavy (non-hydrogen) atoms. The molecule has 0 fully saturated rings. The molecule has 0 aromatic carbocycles. The minimum Gasteiger partial charge on any atom is -0.466 e. The zero-order valence-corrected chi connectivity index (χ0v) is 16.0. The number of rotatable bonds is 6. The molecule has 0 spiro atoms. The summed E-state index contributed by atoms with van der Waals surface area (Å²) in [5, 5.41) is 7.64. The predicted octanol–water partition coefficient (Wildman–Crippen LogP) is 4.57. The third-order valence-corrected chi connectivity index (χ3v) is 4.42. The second-order valence-corrected chi connectivity index (χ2v) is 7.12. The van der Waals surface area contributed by atoms with Crippen LogP contribution in [0.15, 0.2) is 21.1 Å². The van der Waals surface area contributed by atoms with Gasteiger partial charge in [-0.3, -0.25) is 4.79 Å². The lowest BCUT2D eigenvalue weighted by molar-refractivity contribution is 0.0954. The molecule has 0 aliphatic carbocycles. The molecule has 1 N–H and O–H groups in total. The topological polar surface area (TPSA) is 81.2 Å². The zero-order chi connectivity index (χ0) is 18.8. The molecule has 0 aliphatic rings. The fourth-order valence-electron chi connectivity index (χ4n) is 3.10. The predicted molar refractivity (Wildman–Crippen MR) is 100 cm³/mol. The van der Waals surface area contributed by atoms with E-state index in [1.54, 1.807) is 6.07 Å². The van der Waals surface area contributed by atoms with E-state index in [1.807, 2.05) is 26.8 Å². The van der Waals surface area contributed by atoms with Crippen LogP contribution in [-0.4, -0.2) is 22.6 Å². The summed E-state index contributed by atoms with van der Waals surface area (Å²) in [6, 6.07) is 3.71. The first kappa shape index (κ1) is 18.2. The van der Waals surface area contributed by atoms with Gasteiger partial charge in [0.25, 0.3) is 11.6 Å². The van der Waals surface area contributed by atoms with Crippen molar-refractivity contribution >= 4 is 17.0 Å². The summed E-state index contributed by atoms with van der Waals surface area (Å²) in [7, 11) is 0. The van der Waals surface area contributed by atoms with Gasteiger partial charge < -0.3 is 14.3 Å². The molecule has 6 nitrogen and oxygen atoms in total. The molecule has 0 bridgehead atoms. The number of aromatic nitrogens is 2. The highest BCUT2D eigenvalue weighted by Crippen LogP contribution is 2.30. The zero-order valence-electron chi connectivity index (χ0n) is 16.0. The number of amides is 1. The summed E-state index contributed by atoms with van der Waals surface area (Å²) in [4.78, 5) is 17.3. The van der Waals surface area contributed by atoms with Gasteiger partial charge in [-0.2, -0.15) is 0 Å². The Hall–Kier alpha value is -2.63. The first-order chi connectivity index (χ1) is 12.4. The van der Waals surface area contributed by atoms with Gasteiger partial charge >= 0.3 is 0 Å². The van der Waals surface area contributed by atoms with Crippen molar-refractivity contribution in [2.24, 2.45) is 5.92 Å². The molecule has 3 rings (SSSR count). The number of fused-ring (bicyclic) bond motifs is 1. The average molecular weight is 355 g/mol. The van der Waals surface area contributed by atoms with Crippen molar-refractivity contribution in [1.82, 2.24) is 15.5 Å². The smallest absolute Gasteiger partial charge is 0.259 e. The Balaban J connectivity index is 1.96. The van der Waals surface area contributed by atoms with Gasteiger partial charge in [-0.05, 0) is 51.7 Å². The van der Waals surface area contributed by atoms with E-state index in [2.05, 4.69) is 29.3 Å². The average Bonchev–Trinajstić information content (AvgIpc) is 3.12. The van der Waals surface area contributed by atoms with E-state index in [1.165, 1.54) is 0 Å². The molecule has 3 heterocycles. The Labute approximate surface area is 153 Å². The van der Waals surface area contributed by atoms with Crippen molar-refractivity contribution in [2.45, 2.75) is 47.5 Å². The summed E-state index contributed by atoms with van der Waals surface area (Å²) < 4.78 is 10.9. The molecule has 1 amide bonds. The summed E-state index contributed by atoms with van der Waals surface area (Å²) in [5.74, 6) is 2.05. The molecule has 0 unspecified atom stereocenters. The van der Waals surface area contributed by atoms with Crippen LogP contribution in [0.3, 0.4) is 0 Å². The van der Waals surface area contributed by atoms with Gasteiger partial charge in [0.1, 0.15) is 11.5 Å². The lowest BCUT2D eigenvalue weighted by Gasteiger charge is -2.09. The number of carbonyl (C=O) groups is 1. The Bertz CT molecular complexity index is 937. The summed E-state index contributed by atoms with van der Waals surface area (Å²) >= 11 is 0. The van der Waals surface area contributed by atoms with Crippen molar-refractivity contribution in [3.63, 3.8) is 0 Å². The molecule has 0 saturated heterocycles. The Morgan fingerprint density at radius 3 is 2.65 bits per heavy atom. The maximum atomic E-state index is 12.8. The van der Waals surface area contributed by atoms with Crippen LogP contribution < -0.4 is 5.32 Å². The van der Waals surface area contributed by atoms with Crippen molar-refractivity contribution in [2.75, 3.05) is 6.54 Å². The summed E-state index contributed by atoms with van der Waals surface area (Å²) in [5.41, 5.74) is 3.06. The quantitative estimate of drug-likeness (QED) is 0.655. The van der Waals surface area contributed by atoms with Gasteiger partial charge in [0.05, 0.1) is 22.3 Å². The molecule has 3 aromatic heterocycles. The van der Waals surface area contributed by atoms with E-state index in [4.69, 9.17) is 8.94 Å². The lowest BCUT2D eigenvalue weighted by atomic mass is 10.0. The van der Waals surface area contributed by atoms with Crippen molar-refractivity contribution in [1.29, 1.82) is 0 Å². The third-order valence-electron chi connectivity index (χ3n) is 4.42. The second-order valence-electron chi connectivity index (χ2n) is 7.12. The first-order valence-electron chi connectivity index (χ1n) is 8.99. The highest BCUT2D eigenvalue weighted by molar-refractivity contribution is 6.07. The van der Waals surface area contributed by atoms with E-state index < -0.39 is 0 Å². The van der Waals surface area contributed by atoms with Crippen LogP contribution in [0.5, 0.6) is 0 Å². The van der Waals surface area contributed by atoms with Crippen molar-refractivity contribution in [3.8, 4) is 11.3 Å². The molecule has 6 heteroatoms. The highest BCUT2D eigenvalue weighted by Gasteiger charge is 2.20. The van der Waals surface area contributed by atoms with E-state index in [-0.39, 0.29) is 5.91 Å². The Morgan fingerprint density at radius 2 is 2.00 bits per heavy atom. The van der Waals surface area contributed by atoms with Crippen LogP contribution in [0.2, 0.25) is 0 Å². The second kappa shape index (κ2) is 7.32. The maximum Gasteiger partial charge on any atom is 0.259 e. The van der Waals surface area contributed by atoms with Gasteiger partial charge in [0.15, 0.2) is 0 Å². The molecular weight excluding hydrogens is 330 g/mol. The number of furan rings is 1. The third kappa shape index (κ3) is 3.64. The van der Waals surface area contributed by atoms with Gasteiger partial charge in [-0.15, -0.1) is 0 Å². The number of carbonyl (C=O) groups excluding carboxylic acids is 1. The van der Waals surface area contributed by atoms with Crippen LogP contribution in [0.25, 0.3) is 22.4 Å². The maximum absolute atomic E-state index is 12.8. The largest absolute Gasteiger partial charge is 0.466 e.